The molecule has 1 N–H and O–H groups in total. The molecule has 0 radical (unpaired) electrons. The quantitative estimate of drug-likeness (QED) is 0.564. The van der Waals surface area contributed by atoms with Crippen molar-refractivity contribution in [2.24, 2.45) is 0 Å². The molecule has 1 amide bonds. The van der Waals surface area contributed by atoms with E-state index in [0.29, 0.717) is 32.6 Å². The van der Waals surface area contributed by atoms with Crippen molar-refractivity contribution in [3.05, 3.63) is 60.3 Å². The number of benzene rings is 1. The Morgan fingerprint density at radius 1 is 1.07 bits per heavy atom. The van der Waals surface area contributed by atoms with Gasteiger partial charge in [-0.15, -0.1) is 5.48 Å². The van der Waals surface area contributed by atoms with E-state index in [0.717, 1.165) is 11.4 Å². The van der Waals surface area contributed by atoms with Crippen LogP contribution in [0.4, 0.5) is 10.6 Å². The summed E-state index contributed by atoms with van der Waals surface area (Å²) in [5, 5.41) is 0. The molecule has 1 saturated heterocycles. The number of amides is 1. The molecule has 2 heterocycles. The summed E-state index contributed by atoms with van der Waals surface area (Å²) >= 11 is 0. The maximum absolute atomic E-state index is 12.4. The number of aromatic nitrogens is 1. The molecule has 2 aromatic rings. The molecular weight excluding hydrogens is 372 g/mol. The lowest BCUT2D eigenvalue weighted by atomic mass is 10.1. The van der Waals surface area contributed by atoms with Crippen molar-refractivity contribution < 1.29 is 19.2 Å². The third-order valence-electron chi connectivity index (χ3n) is 4.65. The second-order valence-corrected chi connectivity index (χ2v) is 6.64. The van der Waals surface area contributed by atoms with Crippen molar-refractivity contribution in [1.29, 1.82) is 0 Å². The number of carbonyl (C=O) groups excluding carboxylic acids is 2. The zero-order chi connectivity index (χ0) is 20.5. The lowest BCUT2D eigenvalue weighted by molar-refractivity contribution is -0.148. The van der Waals surface area contributed by atoms with Crippen LogP contribution in [0.25, 0.3) is 0 Å². The van der Waals surface area contributed by atoms with Gasteiger partial charge in [0.05, 0.1) is 6.61 Å². The van der Waals surface area contributed by atoms with Crippen LogP contribution in [0, 0.1) is 0 Å². The summed E-state index contributed by atoms with van der Waals surface area (Å²) in [6.45, 7) is 4.36. The molecule has 0 unspecified atom stereocenters. The summed E-state index contributed by atoms with van der Waals surface area (Å²) in [5.41, 5.74) is 3.54. The molecule has 0 spiro atoms. The summed E-state index contributed by atoms with van der Waals surface area (Å²) in [7, 11) is 0. The standard InChI is InChI=1S/C21H26N4O4/c1-2-28-20(26)18(16-17-8-4-3-5-9-17)23-29-21(27)25-14-12-24(13-15-25)19-10-6-7-11-22-19/h3-11,18,23H,2,12-16H2,1H3/t18-/m0/s1. The Balaban J connectivity index is 1.51. The Hall–Kier alpha value is -3.13. The number of hydrogen-bond acceptors (Lipinski definition) is 7. The number of anilines is 1. The lowest BCUT2D eigenvalue weighted by Gasteiger charge is -2.34. The van der Waals surface area contributed by atoms with Gasteiger partial charge in [-0.1, -0.05) is 36.4 Å². The van der Waals surface area contributed by atoms with Gasteiger partial charge >= 0.3 is 12.1 Å². The third kappa shape index (κ3) is 5.92. The maximum Gasteiger partial charge on any atom is 0.428 e. The van der Waals surface area contributed by atoms with Crippen LogP contribution < -0.4 is 10.4 Å². The Bertz CT molecular complexity index is 780. The molecule has 0 bridgehead atoms. The first-order chi connectivity index (χ1) is 14.2. The van der Waals surface area contributed by atoms with Crippen LogP contribution in [0.15, 0.2) is 54.7 Å². The van der Waals surface area contributed by atoms with E-state index in [2.05, 4.69) is 15.4 Å². The molecule has 0 saturated carbocycles. The summed E-state index contributed by atoms with van der Waals surface area (Å²) in [6, 6.07) is 14.5. The molecule has 1 aliphatic heterocycles. The molecule has 1 aromatic carbocycles. The van der Waals surface area contributed by atoms with Crippen LogP contribution in [-0.2, 0) is 20.8 Å². The van der Waals surface area contributed by atoms with Crippen molar-refractivity contribution in [3.63, 3.8) is 0 Å². The fourth-order valence-corrected chi connectivity index (χ4v) is 3.11. The predicted molar refractivity (Wildman–Crippen MR) is 108 cm³/mol. The lowest BCUT2D eigenvalue weighted by Crippen LogP contribution is -2.51. The largest absolute Gasteiger partial charge is 0.465 e. The molecule has 29 heavy (non-hydrogen) atoms. The number of hydroxylamine groups is 1. The summed E-state index contributed by atoms with van der Waals surface area (Å²) < 4.78 is 5.10. The first kappa shape index (κ1) is 20.6. The molecule has 8 heteroatoms. The van der Waals surface area contributed by atoms with E-state index >= 15 is 0 Å². The van der Waals surface area contributed by atoms with Crippen molar-refractivity contribution in [2.75, 3.05) is 37.7 Å². The zero-order valence-electron chi connectivity index (χ0n) is 16.5. The molecule has 1 fully saturated rings. The van der Waals surface area contributed by atoms with E-state index in [9.17, 15) is 9.59 Å². The number of hydrogen-bond donors (Lipinski definition) is 1. The highest BCUT2D eigenvalue weighted by Crippen LogP contribution is 2.13. The molecule has 8 nitrogen and oxygen atoms in total. The van der Waals surface area contributed by atoms with Gasteiger partial charge in [0.25, 0.3) is 0 Å². The van der Waals surface area contributed by atoms with Gasteiger partial charge in [0.2, 0.25) is 0 Å². The summed E-state index contributed by atoms with van der Waals surface area (Å²) in [5.74, 6) is 0.438. The number of rotatable bonds is 7. The van der Waals surface area contributed by atoms with Gasteiger partial charge in [-0.3, -0.25) is 4.79 Å². The highest BCUT2D eigenvalue weighted by atomic mass is 16.7. The van der Waals surface area contributed by atoms with E-state index in [1.165, 1.54) is 0 Å². The highest BCUT2D eigenvalue weighted by Gasteiger charge is 2.26. The van der Waals surface area contributed by atoms with Crippen LogP contribution in [0.1, 0.15) is 12.5 Å². The van der Waals surface area contributed by atoms with Crippen molar-refractivity contribution in [3.8, 4) is 0 Å². The summed E-state index contributed by atoms with van der Waals surface area (Å²) in [4.78, 5) is 38.0. The van der Waals surface area contributed by atoms with Gasteiger partial charge in [-0.05, 0) is 24.6 Å². The first-order valence-corrected chi connectivity index (χ1v) is 9.75. The fourth-order valence-electron chi connectivity index (χ4n) is 3.11. The molecule has 1 aliphatic rings. The average Bonchev–Trinajstić information content (AvgIpc) is 2.78. The van der Waals surface area contributed by atoms with Crippen molar-refractivity contribution >= 4 is 17.9 Å². The number of ether oxygens (including phenoxy) is 1. The Morgan fingerprint density at radius 3 is 2.45 bits per heavy atom. The van der Waals surface area contributed by atoms with E-state index in [1.807, 2.05) is 48.5 Å². The fraction of sp³-hybridized carbons (Fsp3) is 0.381. The molecule has 0 aliphatic carbocycles. The Morgan fingerprint density at radius 2 is 1.79 bits per heavy atom. The SMILES string of the molecule is CCOC(=O)[C@H](Cc1ccccc1)NOC(=O)N1CCN(c2ccccn2)CC1. The van der Waals surface area contributed by atoms with E-state index in [1.54, 1.807) is 18.0 Å². The van der Waals surface area contributed by atoms with Crippen LogP contribution >= 0.6 is 0 Å². The van der Waals surface area contributed by atoms with E-state index in [4.69, 9.17) is 9.57 Å². The van der Waals surface area contributed by atoms with Crippen LogP contribution in [-0.4, -0.2) is 60.8 Å². The highest BCUT2D eigenvalue weighted by molar-refractivity contribution is 5.76. The van der Waals surface area contributed by atoms with Gasteiger partial charge in [0, 0.05) is 38.8 Å². The van der Waals surface area contributed by atoms with Gasteiger partial charge in [0.15, 0.2) is 0 Å². The van der Waals surface area contributed by atoms with Gasteiger partial charge in [0.1, 0.15) is 11.9 Å². The molecule has 3 rings (SSSR count). The topological polar surface area (TPSA) is 84.0 Å². The number of nitrogens with one attached hydrogen (secondary N) is 1. The first-order valence-electron chi connectivity index (χ1n) is 9.75. The smallest absolute Gasteiger partial charge is 0.428 e. The van der Waals surface area contributed by atoms with Crippen LogP contribution in [0.3, 0.4) is 0 Å². The monoisotopic (exact) mass is 398 g/mol. The molecule has 154 valence electrons. The van der Waals surface area contributed by atoms with Crippen molar-refractivity contribution in [2.45, 2.75) is 19.4 Å². The number of esters is 1. The average molecular weight is 398 g/mol. The minimum absolute atomic E-state index is 0.259. The number of piperazine rings is 1. The summed E-state index contributed by atoms with van der Waals surface area (Å²) in [6.07, 6.45) is 1.61. The molecular formula is C21H26N4O4. The Labute approximate surface area is 170 Å². The number of carbonyl (C=O) groups is 2. The zero-order valence-corrected chi connectivity index (χ0v) is 16.5. The minimum atomic E-state index is -0.767. The Kier molecular flexibility index (Phi) is 7.40. The number of nitrogens with zero attached hydrogens (tertiary/aromatic N) is 3. The van der Waals surface area contributed by atoms with Crippen molar-refractivity contribution in [1.82, 2.24) is 15.4 Å². The van der Waals surface area contributed by atoms with E-state index in [-0.39, 0.29) is 6.61 Å². The maximum atomic E-state index is 12.4. The normalized spacial score (nSPS) is 14.9. The van der Waals surface area contributed by atoms with Crippen LogP contribution in [0.5, 0.6) is 0 Å². The van der Waals surface area contributed by atoms with E-state index < -0.39 is 18.1 Å². The van der Waals surface area contributed by atoms with Crippen LogP contribution in [0.2, 0.25) is 0 Å². The van der Waals surface area contributed by atoms with Gasteiger partial charge in [-0.25, -0.2) is 9.78 Å². The molecule has 1 aromatic heterocycles. The minimum Gasteiger partial charge on any atom is -0.465 e. The number of pyridine rings is 1. The van der Waals surface area contributed by atoms with Gasteiger partial charge < -0.3 is 19.4 Å². The predicted octanol–water partition coefficient (Wildman–Crippen LogP) is 2.02. The second-order valence-electron chi connectivity index (χ2n) is 6.64. The third-order valence-corrected chi connectivity index (χ3v) is 4.65. The second kappa shape index (κ2) is 10.4. The molecule has 1 atom stereocenters. The van der Waals surface area contributed by atoms with Gasteiger partial charge in [-0.2, -0.15) is 0 Å².